The molecule has 0 heterocycles. The highest BCUT2D eigenvalue weighted by molar-refractivity contribution is 5.85. The minimum absolute atomic E-state index is 0. The second-order valence-corrected chi connectivity index (χ2v) is 2.45. The van der Waals surface area contributed by atoms with Crippen LogP contribution in [0.3, 0.4) is 0 Å². The van der Waals surface area contributed by atoms with Crippen LogP contribution in [0.25, 0.3) is 0 Å². The van der Waals surface area contributed by atoms with E-state index in [1.54, 1.807) is 0 Å². The van der Waals surface area contributed by atoms with E-state index in [-0.39, 0.29) is 18.6 Å². The summed E-state index contributed by atoms with van der Waals surface area (Å²) in [4.78, 5) is 9.71. The molecule has 0 aromatic heterocycles. The van der Waals surface area contributed by atoms with Crippen molar-refractivity contribution in [3.05, 3.63) is 0 Å². The minimum atomic E-state index is -0.366. The van der Waals surface area contributed by atoms with Gasteiger partial charge in [-0.15, -0.1) is 12.4 Å². The van der Waals surface area contributed by atoms with E-state index in [1.165, 1.54) is 12.8 Å². The summed E-state index contributed by atoms with van der Waals surface area (Å²) in [6.45, 7) is 0.410. The van der Waals surface area contributed by atoms with Crippen LogP contribution in [0.15, 0.2) is 0 Å². The molecule has 1 unspecified atom stereocenters. The lowest BCUT2D eigenvalue weighted by molar-refractivity contribution is -0.133. The first kappa shape index (κ1) is 9.72. The Morgan fingerprint density at radius 2 is 2.30 bits per heavy atom. The zero-order valence-corrected chi connectivity index (χ0v) is 6.47. The Morgan fingerprint density at radius 3 is 2.70 bits per heavy atom. The van der Waals surface area contributed by atoms with E-state index in [0.29, 0.717) is 6.47 Å². The number of rotatable bonds is 4. The summed E-state index contributed by atoms with van der Waals surface area (Å²) < 4.78 is 4.49. The van der Waals surface area contributed by atoms with Crippen LogP contribution < -0.4 is 5.73 Å². The predicted octanol–water partition coefficient (Wildman–Crippen LogP) is 0.666. The summed E-state index contributed by atoms with van der Waals surface area (Å²) in [5, 5.41) is 0. The number of carbonyl (C=O) groups excluding carboxylic acids is 1. The van der Waals surface area contributed by atoms with E-state index in [0.717, 1.165) is 12.3 Å². The van der Waals surface area contributed by atoms with Gasteiger partial charge in [0.05, 0.1) is 0 Å². The van der Waals surface area contributed by atoms with Crippen molar-refractivity contribution in [2.75, 3.05) is 0 Å². The van der Waals surface area contributed by atoms with Gasteiger partial charge in [-0.05, 0) is 18.8 Å². The first-order valence-corrected chi connectivity index (χ1v) is 3.17. The van der Waals surface area contributed by atoms with Gasteiger partial charge in [0.15, 0.2) is 6.23 Å². The topological polar surface area (TPSA) is 52.3 Å². The van der Waals surface area contributed by atoms with E-state index in [9.17, 15) is 4.79 Å². The first-order valence-electron chi connectivity index (χ1n) is 3.17. The molecule has 60 valence electrons. The summed E-state index contributed by atoms with van der Waals surface area (Å²) in [5.74, 6) is 0.722. The number of halogens is 1. The Labute approximate surface area is 66.3 Å². The van der Waals surface area contributed by atoms with Gasteiger partial charge in [0.2, 0.25) is 0 Å². The Balaban J connectivity index is 0.000000810. The van der Waals surface area contributed by atoms with Crippen LogP contribution in [0.5, 0.6) is 0 Å². The van der Waals surface area contributed by atoms with Crippen LogP contribution in [0.4, 0.5) is 0 Å². The van der Waals surface area contributed by atoms with E-state index in [4.69, 9.17) is 5.73 Å². The normalized spacial score (nSPS) is 18.9. The number of hydrogen-bond acceptors (Lipinski definition) is 3. The number of hydrogen-bond donors (Lipinski definition) is 1. The van der Waals surface area contributed by atoms with E-state index in [1.807, 2.05) is 0 Å². The van der Waals surface area contributed by atoms with E-state index >= 15 is 0 Å². The van der Waals surface area contributed by atoms with Crippen molar-refractivity contribution in [3.8, 4) is 0 Å². The summed E-state index contributed by atoms with van der Waals surface area (Å²) in [6.07, 6.45) is 2.96. The van der Waals surface area contributed by atoms with Crippen molar-refractivity contribution in [1.82, 2.24) is 0 Å². The molecule has 1 aliphatic carbocycles. The summed E-state index contributed by atoms with van der Waals surface area (Å²) in [6, 6.07) is 0. The van der Waals surface area contributed by atoms with Gasteiger partial charge in [0.1, 0.15) is 0 Å². The van der Waals surface area contributed by atoms with Gasteiger partial charge in [0.25, 0.3) is 6.47 Å². The predicted molar refractivity (Wildman–Crippen MR) is 39.7 cm³/mol. The average Bonchev–Trinajstić information content (AvgIpc) is 2.50. The van der Waals surface area contributed by atoms with E-state index < -0.39 is 0 Å². The maximum Gasteiger partial charge on any atom is 0.294 e. The lowest BCUT2D eigenvalue weighted by Gasteiger charge is -2.06. The molecule has 0 radical (unpaired) electrons. The van der Waals surface area contributed by atoms with Gasteiger partial charge in [-0.2, -0.15) is 0 Å². The maximum absolute atomic E-state index is 9.71. The molecule has 0 aliphatic heterocycles. The molecule has 10 heavy (non-hydrogen) atoms. The first-order chi connectivity index (χ1) is 4.33. The lowest BCUT2D eigenvalue weighted by Crippen LogP contribution is -2.23. The van der Waals surface area contributed by atoms with Gasteiger partial charge in [-0.25, -0.2) is 0 Å². The molecule has 1 fully saturated rings. The fraction of sp³-hybridized carbons (Fsp3) is 0.833. The Hall–Kier alpha value is -0.280. The van der Waals surface area contributed by atoms with Crippen molar-refractivity contribution in [3.63, 3.8) is 0 Å². The molecule has 0 amide bonds. The van der Waals surface area contributed by atoms with Gasteiger partial charge >= 0.3 is 0 Å². The standard InChI is InChI=1S/C6H11NO2.ClH/c7-6(9-4-8)3-5-1-2-5;/h4-6H,1-3,7H2;1H. The zero-order chi connectivity index (χ0) is 6.69. The molecule has 1 atom stereocenters. The largest absolute Gasteiger partial charge is 0.449 e. The second-order valence-electron chi connectivity index (χ2n) is 2.45. The van der Waals surface area contributed by atoms with Crippen molar-refractivity contribution < 1.29 is 9.53 Å². The maximum atomic E-state index is 9.71. The second kappa shape index (κ2) is 4.52. The van der Waals surface area contributed by atoms with Crippen LogP contribution in [0.2, 0.25) is 0 Å². The SMILES string of the molecule is Cl.NC(CC1CC1)OC=O. The van der Waals surface area contributed by atoms with Crippen molar-refractivity contribution in [1.29, 1.82) is 0 Å². The van der Waals surface area contributed by atoms with Gasteiger partial charge in [-0.3, -0.25) is 10.5 Å². The van der Waals surface area contributed by atoms with Gasteiger partial charge in [0, 0.05) is 6.42 Å². The third kappa shape index (κ3) is 3.69. The molecule has 3 nitrogen and oxygen atoms in total. The summed E-state index contributed by atoms with van der Waals surface area (Å²) in [5.41, 5.74) is 5.37. The Morgan fingerprint density at radius 1 is 1.70 bits per heavy atom. The molecule has 4 heteroatoms. The monoisotopic (exact) mass is 165 g/mol. The fourth-order valence-corrected chi connectivity index (χ4v) is 0.809. The number of ether oxygens (including phenoxy) is 1. The zero-order valence-electron chi connectivity index (χ0n) is 5.66. The summed E-state index contributed by atoms with van der Waals surface area (Å²) >= 11 is 0. The summed E-state index contributed by atoms with van der Waals surface area (Å²) in [7, 11) is 0. The highest BCUT2D eigenvalue weighted by Gasteiger charge is 2.24. The quantitative estimate of drug-likeness (QED) is 0.492. The molecule has 1 aliphatic rings. The van der Waals surface area contributed by atoms with Crippen molar-refractivity contribution in [2.45, 2.75) is 25.5 Å². The van der Waals surface area contributed by atoms with E-state index in [2.05, 4.69) is 4.74 Å². The molecular weight excluding hydrogens is 154 g/mol. The minimum Gasteiger partial charge on any atom is -0.449 e. The van der Waals surface area contributed by atoms with Crippen LogP contribution in [0.1, 0.15) is 19.3 Å². The molecule has 0 bridgehead atoms. The van der Waals surface area contributed by atoms with Crippen LogP contribution >= 0.6 is 12.4 Å². The molecule has 0 aromatic carbocycles. The van der Waals surface area contributed by atoms with Crippen molar-refractivity contribution in [2.24, 2.45) is 11.7 Å². The third-order valence-corrected chi connectivity index (χ3v) is 1.49. The highest BCUT2D eigenvalue weighted by atomic mass is 35.5. The smallest absolute Gasteiger partial charge is 0.294 e. The number of nitrogens with two attached hydrogens (primary N) is 1. The molecule has 0 saturated heterocycles. The van der Waals surface area contributed by atoms with Crippen LogP contribution in [0, 0.1) is 5.92 Å². The van der Waals surface area contributed by atoms with Gasteiger partial charge in [-0.1, -0.05) is 0 Å². The lowest BCUT2D eigenvalue weighted by atomic mass is 10.3. The number of carbonyl (C=O) groups is 1. The Bertz CT molecular complexity index is 106. The van der Waals surface area contributed by atoms with Crippen molar-refractivity contribution >= 4 is 18.9 Å². The highest BCUT2D eigenvalue weighted by Crippen LogP contribution is 2.33. The molecular formula is C6H12ClNO2. The van der Waals surface area contributed by atoms with Crippen LogP contribution in [-0.2, 0) is 9.53 Å². The van der Waals surface area contributed by atoms with Gasteiger partial charge < -0.3 is 4.74 Å². The molecule has 0 aromatic rings. The van der Waals surface area contributed by atoms with Crippen LogP contribution in [-0.4, -0.2) is 12.7 Å². The third-order valence-electron chi connectivity index (χ3n) is 1.49. The fourth-order valence-electron chi connectivity index (χ4n) is 0.809. The molecule has 2 N–H and O–H groups in total. The Kier molecular flexibility index (Phi) is 4.40. The molecule has 1 saturated carbocycles. The molecule has 1 rings (SSSR count). The average molecular weight is 166 g/mol. The molecule has 0 spiro atoms.